The Morgan fingerprint density at radius 3 is 2.10 bits per heavy atom. The van der Waals surface area contributed by atoms with Crippen molar-refractivity contribution in [2.75, 3.05) is 5.32 Å². The maximum absolute atomic E-state index is 12.0. The van der Waals surface area contributed by atoms with E-state index in [-0.39, 0.29) is 11.5 Å². The highest BCUT2D eigenvalue weighted by molar-refractivity contribution is 6.08. The quantitative estimate of drug-likeness (QED) is 0.826. The van der Waals surface area contributed by atoms with Crippen molar-refractivity contribution in [1.82, 2.24) is 9.97 Å². The molecule has 7 heteroatoms. The first-order chi connectivity index (χ1) is 9.99. The maximum Gasteiger partial charge on any atom is 0.356 e. The summed E-state index contributed by atoms with van der Waals surface area (Å²) in [5, 5.41) is 11.5. The van der Waals surface area contributed by atoms with Crippen molar-refractivity contribution in [2.24, 2.45) is 0 Å². The van der Waals surface area contributed by atoms with Gasteiger partial charge in [-0.2, -0.15) is 0 Å². The van der Waals surface area contributed by atoms with Gasteiger partial charge in [0.1, 0.15) is 0 Å². The fraction of sp³-hybridized carbons (Fsp3) is 0.0714. The molecule has 106 valence electrons. The first-order valence-electron chi connectivity index (χ1n) is 5.95. The summed E-state index contributed by atoms with van der Waals surface area (Å²) in [6, 6.07) is 6.22. The Labute approximate surface area is 119 Å². The molecule has 0 bridgehead atoms. The van der Waals surface area contributed by atoms with Crippen molar-refractivity contribution in [2.45, 2.75) is 6.92 Å². The van der Waals surface area contributed by atoms with Gasteiger partial charge in [-0.05, 0) is 31.2 Å². The molecule has 2 N–H and O–H groups in total. The fourth-order valence-electron chi connectivity index (χ4n) is 1.64. The standard InChI is InChI=1S/C14H11N3O4/c1-8(18)9-2-4-10(5-3-9)17-13(19)11-12(14(20)21)16-7-6-15-11/h2-7H,1H3,(H,17,19)(H,20,21). The number of amides is 1. The number of nitrogens with one attached hydrogen (secondary N) is 1. The third kappa shape index (κ3) is 3.27. The summed E-state index contributed by atoms with van der Waals surface area (Å²) >= 11 is 0. The Hall–Kier alpha value is -3.09. The highest BCUT2D eigenvalue weighted by Crippen LogP contribution is 2.12. The Bertz CT molecular complexity index is 710. The van der Waals surface area contributed by atoms with Crippen LogP contribution in [0.25, 0.3) is 0 Å². The van der Waals surface area contributed by atoms with Crippen molar-refractivity contribution in [1.29, 1.82) is 0 Å². The normalized spacial score (nSPS) is 9.95. The van der Waals surface area contributed by atoms with Gasteiger partial charge in [-0.3, -0.25) is 9.59 Å². The number of aromatic carboxylic acids is 1. The number of aromatic nitrogens is 2. The summed E-state index contributed by atoms with van der Waals surface area (Å²) in [4.78, 5) is 41.5. The molecule has 21 heavy (non-hydrogen) atoms. The number of Topliss-reactive ketones (excluding diaryl/α,β-unsaturated/α-hetero) is 1. The summed E-state index contributed by atoms with van der Waals surface area (Å²) in [5.74, 6) is -2.11. The molecule has 2 rings (SSSR count). The van der Waals surface area contributed by atoms with Crippen LogP contribution in [-0.4, -0.2) is 32.7 Å². The molecule has 0 saturated heterocycles. The Kier molecular flexibility index (Phi) is 4.03. The first kappa shape index (κ1) is 14.3. The van der Waals surface area contributed by atoms with Crippen LogP contribution in [0.5, 0.6) is 0 Å². The fourth-order valence-corrected chi connectivity index (χ4v) is 1.64. The third-order valence-corrected chi connectivity index (χ3v) is 2.67. The molecule has 0 aliphatic carbocycles. The topological polar surface area (TPSA) is 109 Å². The number of nitrogens with zero attached hydrogens (tertiary/aromatic N) is 2. The van der Waals surface area contributed by atoms with E-state index in [1.54, 1.807) is 24.3 Å². The van der Waals surface area contributed by atoms with Gasteiger partial charge in [0.05, 0.1) is 0 Å². The molecule has 0 atom stereocenters. The zero-order valence-electron chi connectivity index (χ0n) is 11.0. The molecule has 0 aliphatic rings. The highest BCUT2D eigenvalue weighted by Gasteiger charge is 2.19. The van der Waals surface area contributed by atoms with Crippen LogP contribution in [0.15, 0.2) is 36.7 Å². The van der Waals surface area contributed by atoms with Crippen molar-refractivity contribution < 1.29 is 19.5 Å². The molecular weight excluding hydrogens is 274 g/mol. The Morgan fingerprint density at radius 2 is 1.57 bits per heavy atom. The molecule has 2 aromatic rings. The Balaban J connectivity index is 2.22. The lowest BCUT2D eigenvalue weighted by Crippen LogP contribution is -2.19. The molecule has 0 spiro atoms. The average Bonchev–Trinajstić information content (AvgIpc) is 2.47. The van der Waals surface area contributed by atoms with E-state index in [1.807, 2.05) is 0 Å². The molecule has 0 aliphatic heterocycles. The van der Waals surface area contributed by atoms with Crippen LogP contribution in [0.1, 0.15) is 38.3 Å². The van der Waals surface area contributed by atoms with Gasteiger partial charge in [0.15, 0.2) is 17.2 Å². The molecule has 1 heterocycles. The van der Waals surface area contributed by atoms with Crippen LogP contribution in [0.3, 0.4) is 0 Å². The molecule has 1 amide bonds. The van der Waals surface area contributed by atoms with E-state index >= 15 is 0 Å². The molecule has 0 unspecified atom stereocenters. The van der Waals surface area contributed by atoms with E-state index in [1.165, 1.54) is 19.3 Å². The maximum atomic E-state index is 12.0. The summed E-state index contributed by atoms with van der Waals surface area (Å²) in [7, 11) is 0. The van der Waals surface area contributed by atoms with Crippen LogP contribution >= 0.6 is 0 Å². The van der Waals surface area contributed by atoms with Gasteiger partial charge in [-0.25, -0.2) is 14.8 Å². The van der Waals surface area contributed by atoms with E-state index in [0.29, 0.717) is 11.3 Å². The van der Waals surface area contributed by atoms with E-state index in [2.05, 4.69) is 15.3 Å². The minimum atomic E-state index is -1.33. The molecule has 0 saturated carbocycles. The zero-order chi connectivity index (χ0) is 15.4. The average molecular weight is 285 g/mol. The van der Waals surface area contributed by atoms with Gasteiger partial charge in [-0.15, -0.1) is 0 Å². The smallest absolute Gasteiger partial charge is 0.356 e. The number of carbonyl (C=O) groups excluding carboxylic acids is 2. The van der Waals surface area contributed by atoms with Gasteiger partial charge in [0, 0.05) is 23.6 Å². The molecule has 1 aromatic heterocycles. The Morgan fingerprint density at radius 1 is 1.00 bits per heavy atom. The molecule has 1 aromatic carbocycles. The lowest BCUT2D eigenvalue weighted by molar-refractivity contribution is 0.0684. The third-order valence-electron chi connectivity index (χ3n) is 2.67. The second-order valence-electron chi connectivity index (χ2n) is 4.15. The van der Waals surface area contributed by atoms with Gasteiger partial charge in [-0.1, -0.05) is 0 Å². The van der Waals surface area contributed by atoms with Crippen LogP contribution < -0.4 is 5.32 Å². The molecule has 0 radical (unpaired) electrons. The number of ketones is 1. The lowest BCUT2D eigenvalue weighted by atomic mass is 10.1. The van der Waals surface area contributed by atoms with Crippen molar-refractivity contribution in [3.05, 3.63) is 53.6 Å². The second-order valence-corrected chi connectivity index (χ2v) is 4.15. The van der Waals surface area contributed by atoms with E-state index in [4.69, 9.17) is 5.11 Å². The van der Waals surface area contributed by atoms with Crippen LogP contribution in [0.4, 0.5) is 5.69 Å². The monoisotopic (exact) mass is 285 g/mol. The van der Waals surface area contributed by atoms with Crippen LogP contribution in [-0.2, 0) is 0 Å². The van der Waals surface area contributed by atoms with Crippen LogP contribution in [0, 0.1) is 0 Å². The van der Waals surface area contributed by atoms with Crippen molar-refractivity contribution in [3.63, 3.8) is 0 Å². The second kappa shape index (κ2) is 5.91. The predicted octanol–water partition coefficient (Wildman–Crippen LogP) is 1.63. The van der Waals surface area contributed by atoms with Crippen molar-refractivity contribution >= 4 is 23.3 Å². The SMILES string of the molecule is CC(=O)c1ccc(NC(=O)c2nccnc2C(=O)O)cc1. The van der Waals surface area contributed by atoms with Gasteiger partial charge < -0.3 is 10.4 Å². The number of carboxylic acid groups (broad SMARTS) is 1. The first-order valence-corrected chi connectivity index (χ1v) is 5.95. The summed E-state index contributed by atoms with van der Waals surface area (Å²) in [6.45, 7) is 1.44. The number of rotatable bonds is 4. The minimum Gasteiger partial charge on any atom is -0.476 e. The van der Waals surface area contributed by atoms with Crippen molar-refractivity contribution in [3.8, 4) is 0 Å². The van der Waals surface area contributed by atoms with Gasteiger partial charge >= 0.3 is 5.97 Å². The largest absolute Gasteiger partial charge is 0.476 e. The van der Waals surface area contributed by atoms with Gasteiger partial charge in [0.2, 0.25) is 0 Å². The predicted molar refractivity (Wildman–Crippen MR) is 73.4 cm³/mol. The number of carboxylic acids is 1. The lowest BCUT2D eigenvalue weighted by Gasteiger charge is -2.06. The number of benzene rings is 1. The summed E-state index contributed by atoms with van der Waals surface area (Å²) < 4.78 is 0. The summed E-state index contributed by atoms with van der Waals surface area (Å²) in [6.07, 6.45) is 2.43. The molecule has 7 nitrogen and oxygen atoms in total. The zero-order valence-corrected chi connectivity index (χ0v) is 11.0. The van der Waals surface area contributed by atoms with Gasteiger partial charge in [0.25, 0.3) is 5.91 Å². The van der Waals surface area contributed by atoms with Crippen LogP contribution in [0.2, 0.25) is 0 Å². The number of hydrogen-bond acceptors (Lipinski definition) is 5. The van der Waals surface area contributed by atoms with E-state index < -0.39 is 17.6 Å². The number of carbonyl (C=O) groups is 3. The van der Waals surface area contributed by atoms with E-state index in [9.17, 15) is 14.4 Å². The number of hydrogen-bond donors (Lipinski definition) is 2. The van der Waals surface area contributed by atoms with E-state index in [0.717, 1.165) is 0 Å². The number of anilines is 1. The molecular formula is C14H11N3O4. The molecule has 0 fully saturated rings. The summed E-state index contributed by atoms with van der Waals surface area (Å²) in [5.41, 5.74) is 0.238. The minimum absolute atomic E-state index is 0.0880. The highest BCUT2D eigenvalue weighted by atomic mass is 16.4.